The number of methoxy groups -OCH3 is 1. The van der Waals surface area contributed by atoms with Crippen LogP contribution in [0.5, 0.6) is 5.75 Å². The second-order valence-corrected chi connectivity index (χ2v) is 10.0. The molecule has 0 saturated carbocycles. The van der Waals surface area contributed by atoms with E-state index in [1.807, 2.05) is 12.1 Å². The van der Waals surface area contributed by atoms with Crippen molar-refractivity contribution in [1.29, 1.82) is 0 Å². The van der Waals surface area contributed by atoms with Crippen molar-refractivity contribution in [2.45, 2.75) is 19.6 Å². The highest BCUT2D eigenvalue weighted by Gasteiger charge is 2.07. The van der Waals surface area contributed by atoms with Crippen molar-refractivity contribution in [3.05, 3.63) is 18.3 Å². The van der Waals surface area contributed by atoms with Crippen molar-refractivity contribution in [2.24, 2.45) is 4.99 Å². The second kappa shape index (κ2) is 5.29. The van der Waals surface area contributed by atoms with E-state index in [9.17, 15) is 0 Å². The summed E-state index contributed by atoms with van der Waals surface area (Å²) >= 11 is 0. The van der Waals surface area contributed by atoms with Gasteiger partial charge in [0.2, 0.25) is 0 Å². The Kier molecular flexibility index (Phi) is 3.72. The Balaban J connectivity index is 2.30. The molecule has 0 aliphatic heterocycles. The first-order chi connectivity index (χ1) is 8.99. The molecule has 0 amide bonds. The molecule has 2 rings (SSSR count). The molecule has 0 unspecified atom stereocenters. The lowest BCUT2D eigenvalue weighted by molar-refractivity contribution is 0.420. The average Bonchev–Trinajstić information content (AvgIpc) is 2.80. The Morgan fingerprint density at radius 2 is 2.16 bits per heavy atom. The van der Waals surface area contributed by atoms with Crippen LogP contribution in [0.25, 0.3) is 10.9 Å². The zero-order chi connectivity index (χ0) is 13.9. The first-order valence-electron chi connectivity index (χ1n) is 6.06. The summed E-state index contributed by atoms with van der Waals surface area (Å²) in [5.74, 6) is 3.77. The minimum absolute atomic E-state index is 0.761. The van der Waals surface area contributed by atoms with Crippen molar-refractivity contribution in [3.63, 3.8) is 0 Å². The predicted molar refractivity (Wildman–Crippen MR) is 81.9 cm³/mol. The number of benzene rings is 1. The lowest BCUT2D eigenvalue weighted by atomic mass is 10.2. The van der Waals surface area contributed by atoms with Gasteiger partial charge in [0.1, 0.15) is 13.8 Å². The maximum atomic E-state index is 5.32. The van der Waals surface area contributed by atoms with Gasteiger partial charge in [0.25, 0.3) is 0 Å². The number of hydrogen-bond acceptors (Lipinski definition) is 3. The van der Waals surface area contributed by atoms with E-state index in [0.717, 1.165) is 22.3 Å². The molecule has 0 radical (unpaired) electrons. The Morgan fingerprint density at radius 1 is 1.37 bits per heavy atom. The van der Waals surface area contributed by atoms with Gasteiger partial charge in [-0.25, -0.2) is 4.99 Å². The van der Waals surface area contributed by atoms with Crippen molar-refractivity contribution in [2.75, 3.05) is 7.11 Å². The number of aromatic nitrogens is 2. The average molecular weight is 271 g/mol. The standard InChI is InChI=1S/C14H17N3OSi/c1-18-14-9-11(8-13-12(14)10-16-17-13)15-6-5-7-19(2,3)4/h6,8-10H,1-4H3,(H,16,17). The maximum absolute atomic E-state index is 5.32. The molecule has 4 nitrogen and oxygen atoms in total. The van der Waals surface area contributed by atoms with E-state index in [0.29, 0.717) is 0 Å². The monoisotopic (exact) mass is 271 g/mol. The molecule has 1 aromatic carbocycles. The van der Waals surface area contributed by atoms with Gasteiger partial charge in [0.15, 0.2) is 0 Å². The van der Waals surface area contributed by atoms with E-state index in [-0.39, 0.29) is 0 Å². The van der Waals surface area contributed by atoms with Crippen LogP contribution in [0, 0.1) is 11.5 Å². The van der Waals surface area contributed by atoms with E-state index < -0.39 is 8.07 Å². The van der Waals surface area contributed by atoms with Crippen LogP contribution in [-0.4, -0.2) is 31.6 Å². The van der Waals surface area contributed by atoms with E-state index in [1.54, 1.807) is 19.5 Å². The van der Waals surface area contributed by atoms with Crippen LogP contribution in [0.4, 0.5) is 5.69 Å². The molecule has 1 heterocycles. The summed E-state index contributed by atoms with van der Waals surface area (Å²) in [4.78, 5) is 4.34. The Hall–Kier alpha value is -2.06. The minimum Gasteiger partial charge on any atom is -0.496 e. The first kappa shape index (κ1) is 13.4. The summed E-state index contributed by atoms with van der Waals surface area (Å²) in [5.41, 5.74) is 4.95. The van der Waals surface area contributed by atoms with Gasteiger partial charge in [-0.3, -0.25) is 5.10 Å². The fourth-order valence-electron chi connectivity index (χ4n) is 1.60. The van der Waals surface area contributed by atoms with Crippen LogP contribution < -0.4 is 4.74 Å². The number of ether oxygens (including phenoxy) is 1. The predicted octanol–water partition coefficient (Wildman–Crippen LogP) is 3.15. The van der Waals surface area contributed by atoms with Crippen molar-refractivity contribution < 1.29 is 4.74 Å². The molecule has 0 aliphatic rings. The van der Waals surface area contributed by atoms with E-state index in [4.69, 9.17) is 4.74 Å². The van der Waals surface area contributed by atoms with Gasteiger partial charge in [0.05, 0.1) is 36.1 Å². The van der Waals surface area contributed by atoms with Crippen LogP contribution in [0.2, 0.25) is 19.6 Å². The summed E-state index contributed by atoms with van der Waals surface area (Å²) in [6.07, 6.45) is 3.39. The van der Waals surface area contributed by atoms with Crippen molar-refractivity contribution in [1.82, 2.24) is 10.2 Å². The molecule has 0 saturated heterocycles. The highest BCUT2D eigenvalue weighted by molar-refractivity contribution is 6.84. The Morgan fingerprint density at radius 3 is 2.84 bits per heavy atom. The van der Waals surface area contributed by atoms with Crippen molar-refractivity contribution in [3.8, 4) is 17.2 Å². The lowest BCUT2D eigenvalue weighted by Crippen LogP contribution is -2.16. The summed E-state index contributed by atoms with van der Waals surface area (Å²) in [6.45, 7) is 6.61. The number of aromatic amines is 1. The van der Waals surface area contributed by atoms with Gasteiger partial charge in [0, 0.05) is 6.07 Å². The third-order valence-electron chi connectivity index (χ3n) is 2.45. The first-order valence-corrected chi connectivity index (χ1v) is 9.56. The van der Waals surface area contributed by atoms with Gasteiger partial charge in [-0.05, 0) is 6.07 Å². The summed E-state index contributed by atoms with van der Waals surface area (Å²) in [5, 5.41) is 7.87. The number of nitrogens with zero attached hydrogens (tertiary/aromatic N) is 2. The SMILES string of the molecule is COc1cc(N=CC#C[Si](C)(C)C)cc2[nH]ncc12. The molecule has 1 N–H and O–H groups in total. The normalized spacial score (nSPS) is 11.6. The summed E-state index contributed by atoms with van der Waals surface area (Å²) in [6, 6.07) is 3.81. The summed E-state index contributed by atoms with van der Waals surface area (Å²) < 4.78 is 5.32. The smallest absolute Gasteiger partial charge is 0.132 e. The van der Waals surface area contributed by atoms with Gasteiger partial charge in [-0.15, -0.1) is 5.54 Å². The number of hydrogen-bond donors (Lipinski definition) is 1. The maximum Gasteiger partial charge on any atom is 0.132 e. The van der Waals surface area contributed by atoms with Gasteiger partial charge in [-0.2, -0.15) is 5.10 Å². The number of H-pyrrole nitrogens is 1. The summed E-state index contributed by atoms with van der Waals surface area (Å²) in [7, 11) is 0.300. The van der Waals surface area contributed by atoms with Crippen LogP contribution in [-0.2, 0) is 0 Å². The molecule has 0 aliphatic carbocycles. The molecule has 98 valence electrons. The van der Waals surface area contributed by atoms with Crippen LogP contribution >= 0.6 is 0 Å². The van der Waals surface area contributed by atoms with E-state index >= 15 is 0 Å². The zero-order valence-corrected chi connectivity index (χ0v) is 12.6. The number of fused-ring (bicyclic) bond motifs is 1. The Bertz CT molecular complexity index is 671. The number of aliphatic imine (C=N–C) groups is 1. The van der Waals surface area contributed by atoms with E-state index in [1.165, 1.54) is 0 Å². The molecule has 2 aromatic rings. The molecule has 5 heteroatoms. The topological polar surface area (TPSA) is 50.3 Å². The Labute approximate surface area is 113 Å². The highest BCUT2D eigenvalue weighted by atomic mass is 28.3. The van der Waals surface area contributed by atoms with E-state index in [2.05, 4.69) is 46.3 Å². The second-order valence-electron chi connectivity index (χ2n) is 5.26. The fourth-order valence-corrected chi connectivity index (χ4v) is 2.10. The molecule has 0 bridgehead atoms. The largest absolute Gasteiger partial charge is 0.496 e. The molecular formula is C14H17N3OSi. The molecule has 0 fully saturated rings. The van der Waals surface area contributed by atoms with Crippen LogP contribution in [0.15, 0.2) is 23.3 Å². The van der Waals surface area contributed by atoms with Crippen LogP contribution in [0.3, 0.4) is 0 Å². The number of rotatable bonds is 2. The lowest BCUT2D eigenvalue weighted by Gasteiger charge is -2.03. The zero-order valence-electron chi connectivity index (χ0n) is 11.6. The highest BCUT2D eigenvalue weighted by Crippen LogP contribution is 2.29. The number of nitrogens with one attached hydrogen (secondary N) is 1. The van der Waals surface area contributed by atoms with Crippen molar-refractivity contribution >= 4 is 30.9 Å². The third-order valence-corrected chi connectivity index (χ3v) is 3.35. The molecule has 19 heavy (non-hydrogen) atoms. The third kappa shape index (κ3) is 3.45. The molecule has 0 spiro atoms. The quantitative estimate of drug-likeness (QED) is 0.518. The van der Waals surface area contributed by atoms with Gasteiger partial charge < -0.3 is 4.74 Å². The fraction of sp³-hybridized carbons (Fsp3) is 0.286. The molecule has 1 aromatic heterocycles. The van der Waals surface area contributed by atoms with Crippen LogP contribution in [0.1, 0.15) is 0 Å². The molecular weight excluding hydrogens is 254 g/mol. The minimum atomic E-state index is -1.34. The van der Waals surface area contributed by atoms with Gasteiger partial charge in [-0.1, -0.05) is 25.6 Å². The molecule has 0 atom stereocenters. The van der Waals surface area contributed by atoms with Gasteiger partial charge >= 0.3 is 0 Å².